The zero-order valence-electron chi connectivity index (χ0n) is 10.8. The Kier molecular flexibility index (Phi) is 5.95. The molecule has 1 aliphatic rings. The third kappa shape index (κ3) is 3.89. The van der Waals surface area contributed by atoms with E-state index < -0.39 is 6.04 Å². The predicted molar refractivity (Wildman–Crippen MR) is 71.2 cm³/mol. The van der Waals surface area contributed by atoms with E-state index in [1.165, 1.54) is 11.8 Å². The second kappa shape index (κ2) is 7.24. The van der Waals surface area contributed by atoms with Crippen LogP contribution < -0.4 is 5.32 Å². The summed E-state index contributed by atoms with van der Waals surface area (Å²) in [5.74, 6) is -0.0932. The molecule has 0 aromatic carbocycles. The number of nitrogens with one attached hydrogen (secondary N) is 1. The van der Waals surface area contributed by atoms with E-state index in [2.05, 4.69) is 10.3 Å². The van der Waals surface area contributed by atoms with Crippen LogP contribution >= 0.6 is 11.8 Å². The number of carbonyl (C=O) groups excluding carboxylic acids is 1. The average Bonchev–Trinajstić information content (AvgIpc) is 2.35. The Morgan fingerprint density at radius 2 is 2.39 bits per heavy atom. The molecule has 0 aromatic heterocycles. The summed E-state index contributed by atoms with van der Waals surface area (Å²) in [5, 5.41) is 12.1. The maximum atomic E-state index is 12.1. The van der Waals surface area contributed by atoms with Crippen LogP contribution in [-0.4, -0.2) is 54.1 Å². The molecule has 6 nitrogen and oxygen atoms in total. The fourth-order valence-electron chi connectivity index (χ4n) is 1.70. The summed E-state index contributed by atoms with van der Waals surface area (Å²) in [4.78, 5) is 17.6. The fraction of sp³-hybridized carbons (Fsp3) is 0.727. The first-order valence-electron chi connectivity index (χ1n) is 5.75. The van der Waals surface area contributed by atoms with Crippen molar-refractivity contribution in [2.75, 3.05) is 26.0 Å². The summed E-state index contributed by atoms with van der Waals surface area (Å²) >= 11 is 1.36. The lowest BCUT2D eigenvalue weighted by molar-refractivity contribution is -0.130. The number of morpholine rings is 1. The maximum Gasteiger partial charge on any atom is 0.245 e. The average molecular weight is 270 g/mol. The van der Waals surface area contributed by atoms with E-state index in [1.54, 1.807) is 6.19 Å². The minimum Gasteiger partial charge on any atom is -0.377 e. The lowest BCUT2D eigenvalue weighted by Gasteiger charge is -2.36. The van der Waals surface area contributed by atoms with Gasteiger partial charge in [-0.2, -0.15) is 5.26 Å². The molecule has 0 spiro atoms. The summed E-state index contributed by atoms with van der Waals surface area (Å²) in [5.41, 5.74) is 0. The number of nitriles is 1. The molecule has 0 bridgehead atoms. The van der Waals surface area contributed by atoms with Gasteiger partial charge in [0.05, 0.1) is 13.2 Å². The molecule has 1 rings (SSSR count). The van der Waals surface area contributed by atoms with Gasteiger partial charge in [-0.1, -0.05) is 11.8 Å². The highest BCUT2D eigenvalue weighted by Gasteiger charge is 2.31. The molecule has 0 saturated carbocycles. The monoisotopic (exact) mass is 270 g/mol. The van der Waals surface area contributed by atoms with Crippen molar-refractivity contribution in [1.82, 2.24) is 10.2 Å². The molecule has 1 N–H and O–H groups in total. The van der Waals surface area contributed by atoms with Crippen molar-refractivity contribution in [2.24, 2.45) is 4.99 Å². The summed E-state index contributed by atoms with van der Waals surface area (Å²) in [7, 11) is 0. The third-order valence-electron chi connectivity index (χ3n) is 2.44. The van der Waals surface area contributed by atoms with E-state index in [-0.39, 0.29) is 11.9 Å². The zero-order chi connectivity index (χ0) is 13.5. The van der Waals surface area contributed by atoms with Gasteiger partial charge in [0, 0.05) is 12.6 Å². The highest BCUT2D eigenvalue weighted by Crippen LogP contribution is 2.14. The summed E-state index contributed by atoms with van der Waals surface area (Å²) in [6.07, 6.45) is 3.61. The van der Waals surface area contributed by atoms with Crippen LogP contribution in [0, 0.1) is 11.5 Å². The Morgan fingerprint density at radius 3 is 2.94 bits per heavy atom. The Bertz CT molecular complexity index is 365. The van der Waals surface area contributed by atoms with Gasteiger partial charge in [-0.15, -0.1) is 4.99 Å². The Morgan fingerprint density at radius 1 is 1.67 bits per heavy atom. The minimum atomic E-state index is -0.416. The first-order chi connectivity index (χ1) is 8.60. The second-order valence-electron chi connectivity index (χ2n) is 4.15. The summed E-state index contributed by atoms with van der Waals surface area (Å²) in [6, 6.07) is -0.340. The molecule has 0 aliphatic carbocycles. The Labute approximate surface area is 111 Å². The molecule has 18 heavy (non-hydrogen) atoms. The van der Waals surface area contributed by atoms with Gasteiger partial charge in [0.2, 0.25) is 12.1 Å². The van der Waals surface area contributed by atoms with Gasteiger partial charge in [-0.25, -0.2) is 0 Å². The molecule has 0 aromatic rings. The molecule has 100 valence electrons. The molecular weight excluding hydrogens is 252 g/mol. The quantitative estimate of drug-likeness (QED) is 0.447. The first-order valence-corrected chi connectivity index (χ1v) is 6.98. The normalized spacial score (nSPS) is 20.7. The van der Waals surface area contributed by atoms with Crippen molar-refractivity contribution >= 4 is 22.8 Å². The zero-order valence-corrected chi connectivity index (χ0v) is 11.7. The van der Waals surface area contributed by atoms with Crippen LogP contribution in [0.25, 0.3) is 0 Å². The number of amides is 1. The number of amidine groups is 1. The standard InChI is InChI=1S/C11H18N4O2S/c1-8(2)14-10(16)9-6-17-5-4-15(9)11(18-3)13-7-12/h8-9H,4-6H2,1-3H3,(H,14,16). The molecule has 1 fully saturated rings. The van der Waals surface area contributed by atoms with Gasteiger partial charge < -0.3 is 15.0 Å². The lowest BCUT2D eigenvalue weighted by atomic mass is 10.2. The van der Waals surface area contributed by atoms with Crippen LogP contribution in [0.4, 0.5) is 0 Å². The van der Waals surface area contributed by atoms with E-state index in [0.29, 0.717) is 24.9 Å². The first kappa shape index (κ1) is 14.8. The number of aliphatic imine (C=N–C) groups is 1. The number of hydrogen-bond donors (Lipinski definition) is 1. The van der Waals surface area contributed by atoms with Crippen LogP contribution in [0.3, 0.4) is 0 Å². The predicted octanol–water partition coefficient (Wildman–Crippen LogP) is 0.412. The van der Waals surface area contributed by atoms with Crippen LogP contribution in [0.2, 0.25) is 0 Å². The van der Waals surface area contributed by atoms with Crippen LogP contribution in [0.5, 0.6) is 0 Å². The third-order valence-corrected chi connectivity index (χ3v) is 3.13. The van der Waals surface area contributed by atoms with Crippen molar-refractivity contribution in [3.8, 4) is 6.19 Å². The van der Waals surface area contributed by atoms with Gasteiger partial charge in [0.1, 0.15) is 6.04 Å². The van der Waals surface area contributed by atoms with Gasteiger partial charge in [-0.3, -0.25) is 4.79 Å². The maximum absolute atomic E-state index is 12.1. The number of hydrogen-bond acceptors (Lipinski definition) is 5. The lowest BCUT2D eigenvalue weighted by Crippen LogP contribution is -2.56. The molecule has 1 unspecified atom stereocenters. The number of carbonyl (C=O) groups is 1. The number of ether oxygens (including phenoxy) is 1. The van der Waals surface area contributed by atoms with Gasteiger partial charge in [-0.05, 0) is 20.1 Å². The van der Waals surface area contributed by atoms with E-state index in [4.69, 9.17) is 10.00 Å². The highest BCUT2D eigenvalue weighted by molar-refractivity contribution is 8.13. The minimum absolute atomic E-state index is 0.0758. The summed E-state index contributed by atoms with van der Waals surface area (Å²) < 4.78 is 5.34. The number of rotatable bonds is 2. The molecule has 1 amide bonds. The van der Waals surface area contributed by atoms with Crippen molar-refractivity contribution in [3.63, 3.8) is 0 Å². The van der Waals surface area contributed by atoms with Crippen LogP contribution in [0.15, 0.2) is 4.99 Å². The molecule has 1 heterocycles. The van der Waals surface area contributed by atoms with Crippen molar-refractivity contribution in [1.29, 1.82) is 5.26 Å². The molecule has 0 radical (unpaired) electrons. The van der Waals surface area contributed by atoms with Crippen molar-refractivity contribution < 1.29 is 9.53 Å². The largest absolute Gasteiger partial charge is 0.377 e. The SMILES string of the molecule is CSC(=NC#N)N1CCOCC1C(=O)NC(C)C. The van der Waals surface area contributed by atoms with E-state index in [1.807, 2.05) is 25.0 Å². The second-order valence-corrected chi connectivity index (χ2v) is 4.92. The number of nitrogens with zero attached hydrogens (tertiary/aromatic N) is 3. The molecule has 1 saturated heterocycles. The van der Waals surface area contributed by atoms with Crippen molar-refractivity contribution in [3.05, 3.63) is 0 Å². The van der Waals surface area contributed by atoms with Crippen LogP contribution in [-0.2, 0) is 9.53 Å². The highest BCUT2D eigenvalue weighted by atomic mass is 32.2. The van der Waals surface area contributed by atoms with E-state index in [0.717, 1.165) is 0 Å². The molecule has 1 atom stereocenters. The molecular formula is C11H18N4O2S. The van der Waals surface area contributed by atoms with Gasteiger partial charge in [0.25, 0.3) is 0 Å². The fourth-order valence-corrected chi connectivity index (χ4v) is 2.29. The molecule has 7 heteroatoms. The van der Waals surface area contributed by atoms with Gasteiger partial charge >= 0.3 is 0 Å². The molecule has 1 aliphatic heterocycles. The van der Waals surface area contributed by atoms with E-state index in [9.17, 15) is 4.79 Å². The van der Waals surface area contributed by atoms with E-state index >= 15 is 0 Å². The summed E-state index contributed by atoms with van der Waals surface area (Å²) in [6.45, 7) is 5.24. The van der Waals surface area contributed by atoms with Crippen molar-refractivity contribution in [2.45, 2.75) is 25.9 Å². The number of thioether (sulfide) groups is 1. The smallest absolute Gasteiger partial charge is 0.245 e. The van der Waals surface area contributed by atoms with Crippen LogP contribution in [0.1, 0.15) is 13.8 Å². The Hall–Kier alpha value is -1.26. The van der Waals surface area contributed by atoms with Gasteiger partial charge in [0.15, 0.2) is 5.17 Å². The Balaban J connectivity index is 2.83. The topological polar surface area (TPSA) is 77.7 Å².